The summed E-state index contributed by atoms with van der Waals surface area (Å²) in [5, 5.41) is 0. The highest BCUT2D eigenvalue weighted by Gasteiger charge is 2.21. The maximum atomic E-state index is 12.1. The maximum absolute atomic E-state index is 12.1. The van der Waals surface area contributed by atoms with E-state index in [1.165, 1.54) is 0 Å². The van der Waals surface area contributed by atoms with Gasteiger partial charge in [-0.2, -0.15) is 0 Å². The van der Waals surface area contributed by atoms with E-state index in [-0.39, 0.29) is 10.8 Å². The smallest absolute Gasteiger partial charge is 0.241 e. The van der Waals surface area contributed by atoms with Gasteiger partial charge in [-0.05, 0) is 52.9 Å². The molecule has 1 atom stereocenters. The van der Waals surface area contributed by atoms with Gasteiger partial charge in [-0.3, -0.25) is 0 Å². The number of hydrogen-bond donors (Lipinski definition) is 1. The molecule has 1 unspecified atom stereocenters. The lowest BCUT2D eigenvalue weighted by Crippen LogP contribution is -2.29. The van der Waals surface area contributed by atoms with Gasteiger partial charge in [0, 0.05) is 17.6 Å². The molecule has 18 heavy (non-hydrogen) atoms. The Bertz CT molecular complexity index is 524. The van der Waals surface area contributed by atoms with Crippen LogP contribution in [0, 0.1) is 12.8 Å². The fourth-order valence-electron chi connectivity index (χ4n) is 1.87. The number of aryl methyl sites for hydroxylation is 1. The lowest BCUT2D eigenvalue weighted by atomic mass is 10.1. The molecule has 1 heterocycles. The van der Waals surface area contributed by atoms with Gasteiger partial charge in [0.05, 0.1) is 11.5 Å². The zero-order valence-electron chi connectivity index (χ0n) is 10.1. The molecule has 4 nitrogen and oxygen atoms in total. The van der Waals surface area contributed by atoms with Crippen molar-refractivity contribution in [2.45, 2.75) is 18.2 Å². The molecule has 1 aliphatic heterocycles. The lowest BCUT2D eigenvalue weighted by Gasteiger charge is -2.11. The highest BCUT2D eigenvalue weighted by atomic mass is 79.9. The van der Waals surface area contributed by atoms with Crippen LogP contribution >= 0.6 is 15.9 Å². The van der Waals surface area contributed by atoms with Gasteiger partial charge in [-0.25, -0.2) is 13.1 Å². The number of rotatable bonds is 4. The van der Waals surface area contributed by atoms with Crippen LogP contribution in [0.15, 0.2) is 27.6 Å². The Balaban J connectivity index is 2.09. The van der Waals surface area contributed by atoms with Crippen LogP contribution in [0.1, 0.15) is 12.0 Å². The molecule has 1 fully saturated rings. The van der Waals surface area contributed by atoms with Crippen molar-refractivity contribution in [2.75, 3.05) is 19.8 Å². The van der Waals surface area contributed by atoms with Crippen LogP contribution in [0.3, 0.4) is 0 Å². The van der Waals surface area contributed by atoms with Crippen LogP contribution < -0.4 is 4.72 Å². The number of halogens is 1. The van der Waals surface area contributed by atoms with Crippen molar-refractivity contribution in [3.8, 4) is 0 Å². The summed E-state index contributed by atoms with van der Waals surface area (Å²) < 4.78 is 32.7. The van der Waals surface area contributed by atoms with Gasteiger partial charge in [-0.15, -0.1) is 0 Å². The molecule has 1 aromatic carbocycles. The highest BCUT2D eigenvalue weighted by Crippen LogP contribution is 2.23. The molecular weight excluding hydrogens is 318 g/mol. The quantitative estimate of drug-likeness (QED) is 0.917. The lowest BCUT2D eigenvalue weighted by molar-refractivity contribution is 0.186. The number of ether oxygens (including phenoxy) is 1. The number of benzene rings is 1. The molecule has 1 N–H and O–H groups in total. The van der Waals surface area contributed by atoms with Crippen molar-refractivity contribution >= 4 is 26.0 Å². The number of hydrogen-bond acceptors (Lipinski definition) is 3. The topological polar surface area (TPSA) is 55.4 Å². The minimum atomic E-state index is -3.45. The Morgan fingerprint density at radius 1 is 1.50 bits per heavy atom. The van der Waals surface area contributed by atoms with Crippen molar-refractivity contribution in [3.05, 3.63) is 28.2 Å². The minimum Gasteiger partial charge on any atom is -0.381 e. The van der Waals surface area contributed by atoms with Crippen LogP contribution in [0.25, 0.3) is 0 Å². The molecule has 0 bridgehead atoms. The first-order valence-corrected chi connectivity index (χ1v) is 8.10. The van der Waals surface area contributed by atoms with E-state index in [2.05, 4.69) is 20.7 Å². The van der Waals surface area contributed by atoms with E-state index in [1.54, 1.807) is 18.2 Å². The summed E-state index contributed by atoms with van der Waals surface area (Å²) in [6, 6.07) is 5.21. The summed E-state index contributed by atoms with van der Waals surface area (Å²) in [6.45, 7) is 3.71. The Morgan fingerprint density at radius 3 is 2.89 bits per heavy atom. The molecule has 1 saturated heterocycles. The van der Waals surface area contributed by atoms with E-state index < -0.39 is 10.0 Å². The first kappa shape index (κ1) is 14.0. The Hall–Kier alpha value is -0.430. The molecule has 1 aromatic rings. The average molecular weight is 334 g/mol. The normalized spacial score (nSPS) is 20.2. The molecular formula is C12H16BrNO3S. The predicted molar refractivity (Wildman–Crippen MR) is 73.0 cm³/mol. The van der Waals surface area contributed by atoms with E-state index in [4.69, 9.17) is 4.74 Å². The third kappa shape index (κ3) is 3.32. The molecule has 0 saturated carbocycles. The first-order valence-electron chi connectivity index (χ1n) is 5.82. The van der Waals surface area contributed by atoms with E-state index in [0.717, 1.165) is 18.6 Å². The summed E-state index contributed by atoms with van der Waals surface area (Å²) in [5.41, 5.74) is 1.02. The van der Waals surface area contributed by atoms with Crippen LogP contribution in [-0.2, 0) is 14.8 Å². The number of sulfonamides is 1. The van der Waals surface area contributed by atoms with Crippen molar-refractivity contribution in [1.82, 2.24) is 4.72 Å². The number of nitrogens with one attached hydrogen (secondary N) is 1. The summed E-state index contributed by atoms with van der Waals surface area (Å²) in [6.07, 6.45) is 0.914. The molecule has 2 rings (SSSR count). The molecule has 0 aromatic heterocycles. The average Bonchev–Trinajstić information content (AvgIpc) is 2.78. The summed E-state index contributed by atoms with van der Waals surface area (Å²) >= 11 is 3.29. The summed E-state index contributed by atoms with van der Waals surface area (Å²) in [7, 11) is -3.45. The van der Waals surface area contributed by atoms with Gasteiger partial charge in [0.25, 0.3) is 0 Å². The van der Waals surface area contributed by atoms with Crippen LogP contribution in [0.4, 0.5) is 0 Å². The van der Waals surface area contributed by atoms with Gasteiger partial charge in [0.1, 0.15) is 0 Å². The maximum Gasteiger partial charge on any atom is 0.241 e. The second kappa shape index (κ2) is 5.69. The molecule has 0 spiro atoms. The second-order valence-corrected chi connectivity index (χ2v) is 7.11. The van der Waals surface area contributed by atoms with Crippen molar-refractivity contribution in [2.24, 2.45) is 5.92 Å². The summed E-state index contributed by atoms with van der Waals surface area (Å²) in [5.74, 6) is 0.281. The molecule has 100 valence electrons. The van der Waals surface area contributed by atoms with Crippen LogP contribution in [-0.4, -0.2) is 28.2 Å². The second-order valence-electron chi connectivity index (χ2n) is 4.52. The fraction of sp³-hybridized carbons (Fsp3) is 0.500. The van der Waals surface area contributed by atoms with Crippen molar-refractivity contribution in [1.29, 1.82) is 0 Å². The van der Waals surface area contributed by atoms with E-state index in [9.17, 15) is 8.42 Å². The molecule has 0 aliphatic carbocycles. The third-order valence-electron chi connectivity index (χ3n) is 2.96. The van der Waals surface area contributed by atoms with E-state index in [0.29, 0.717) is 17.6 Å². The van der Waals surface area contributed by atoms with Gasteiger partial charge in [0.15, 0.2) is 0 Å². The third-order valence-corrected chi connectivity index (χ3v) is 5.36. The molecule has 1 aliphatic rings. The zero-order chi connectivity index (χ0) is 13.2. The van der Waals surface area contributed by atoms with Gasteiger partial charge in [-0.1, -0.05) is 6.07 Å². The van der Waals surface area contributed by atoms with Crippen LogP contribution in [0.2, 0.25) is 0 Å². The van der Waals surface area contributed by atoms with Crippen LogP contribution in [0.5, 0.6) is 0 Å². The molecule has 0 amide bonds. The minimum absolute atomic E-state index is 0.281. The highest BCUT2D eigenvalue weighted by molar-refractivity contribution is 9.10. The monoisotopic (exact) mass is 333 g/mol. The first-order chi connectivity index (χ1) is 8.49. The van der Waals surface area contributed by atoms with E-state index >= 15 is 0 Å². The van der Waals surface area contributed by atoms with Crippen molar-refractivity contribution < 1.29 is 13.2 Å². The largest absolute Gasteiger partial charge is 0.381 e. The SMILES string of the molecule is Cc1ccc(S(=O)(=O)NCC2CCOC2)c(Br)c1. The van der Waals surface area contributed by atoms with Gasteiger partial charge in [0.2, 0.25) is 10.0 Å². The molecule has 6 heteroatoms. The van der Waals surface area contributed by atoms with E-state index in [1.807, 2.05) is 6.92 Å². The molecule has 0 radical (unpaired) electrons. The van der Waals surface area contributed by atoms with Gasteiger partial charge < -0.3 is 4.74 Å². The van der Waals surface area contributed by atoms with Gasteiger partial charge >= 0.3 is 0 Å². The standard InChI is InChI=1S/C12H16BrNO3S/c1-9-2-3-12(11(13)6-9)18(15,16)14-7-10-4-5-17-8-10/h2-3,6,10,14H,4-5,7-8H2,1H3. The Morgan fingerprint density at radius 2 is 2.28 bits per heavy atom. The predicted octanol–water partition coefficient (Wildman–Crippen LogP) is 2.07. The van der Waals surface area contributed by atoms with Crippen molar-refractivity contribution in [3.63, 3.8) is 0 Å². The Labute approximate surface area is 116 Å². The fourth-order valence-corrected chi connectivity index (χ4v) is 4.18. The summed E-state index contributed by atoms with van der Waals surface area (Å²) in [4.78, 5) is 0.284. The Kier molecular flexibility index (Phi) is 4.42. The zero-order valence-corrected chi connectivity index (χ0v) is 12.6.